The average molecular weight is 510 g/mol. The summed E-state index contributed by atoms with van der Waals surface area (Å²) >= 11 is 3.49. The van der Waals surface area contributed by atoms with Crippen molar-refractivity contribution >= 4 is 33.0 Å². The van der Waals surface area contributed by atoms with E-state index in [1.54, 1.807) is 0 Å². The van der Waals surface area contributed by atoms with E-state index in [0.29, 0.717) is 0 Å². The fourth-order valence-electron chi connectivity index (χ4n) is 4.69. The smallest absolute Gasteiger partial charge is 0.0882 e. The lowest BCUT2D eigenvalue weighted by molar-refractivity contribution is 0.425. The van der Waals surface area contributed by atoms with Crippen LogP contribution in [-0.2, 0) is 6.54 Å². The zero-order valence-electron chi connectivity index (χ0n) is 19.4. The Labute approximate surface area is 210 Å². The number of rotatable bonds is 6. The largest absolute Gasteiger partial charge is 0.381 e. The van der Waals surface area contributed by atoms with Crippen LogP contribution >= 0.6 is 15.9 Å². The summed E-state index contributed by atoms with van der Waals surface area (Å²) in [5.41, 5.74) is 6.82. The van der Waals surface area contributed by atoms with E-state index in [1.165, 1.54) is 16.7 Å². The predicted molar refractivity (Wildman–Crippen MR) is 146 cm³/mol. The molecule has 0 aromatic heterocycles. The highest BCUT2D eigenvalue weighted by Gasteiger charge is 2.45. The van der Waals surface area contributed by atoms with Gasteiger partial charge in [0.2, 0.25) is 0 Å². The number of hydrazone groups is 1. The summed E-state index contributed by atoms with van der Waals surface area (Å²) < 4.78 is 1.08. The zero-order valence-corrected chi connectivity index (χ0v) is 21.0. The van der Waals surface area contributed by atoms with E-state index in [2.05, 4.69) is 137 Å². The molecule has 0 radical (unpaired) electrons. The normalized spacial score (nSPS) is 16.9. The Morgan fingerprint density at radius 1 is 0.794 bits per heavy atom. The maximum absolute atomic E-state index is 5.20. The molecule has 4 heteroatoms. The van der Waals surface area contributed by atoms with Gasteiger partial charge in [-0.1, -0.05) is 103 Å². The fraction of sp³-hybridized carbons (Fsp3) is 0.167. The second-order valence-corrected chi connectivity index (χ2v) is 10.1. The molecule has 1 N–H and O–H groups in total. The first-order chi connectivity index (χ1) is 16.5. The Morgan fingerprint density at radius 2 is 1.41 bits per heavy atom. The molecule has 0 aliphatic carbocycles. The van der Waals surface area contributed by atoms with Crippen LogP contribution in [0.15, 0.2) is 119 Å². The molecule has 1 aliphatic rings. The lowest BCUT2D eigenvalue weighted by Gasteiger charge is -2.33. The van der Waals surface area contributed by atoms with Crippen LogP contribution in [0.5, 0.6) is 0 Å². The third-order valence-corrected chi connectivity index (χ3v) is 6.98. The summed E-state index contributed by atoms with van der Waals surface area (Å²) in [5, 5.41) is 10.9. The minimum Gasteiger partial charge on any atom is -0.381 e. The van der Waals surface area contributed by atoms with Gasteiger partial charge in [0.15, 0.2) is 0 Å². The summed E-state index contributed by atoms with van der Waals surface area (Å²) in [5.74, 6) is 0. The van der Waals surface area contributed by atoms with Crippen molar-refractivity contribution in [3.63, 3.8) is 0 Å². The van der Waals surface area contributed by atoms with Crippen molar-refractivity contribution in [2.75, 3.05) is 10.3 Å². The first-order valence-electron chi connectivity index (χ1n) is 11.6. The van der Waals surface area contributed by atoms with Crippen molar-refractivity contribution in [1.29, 1.82) is 0 Å². The molecule has 1 aliphatic heterocycles. The number of hydrogen-bond donors (Lipinski definition) is 1. The van der Waals surface area contributed by atoms with E-state index in [9.17, 15) is 0 Å². The second-order valence-electron chi connectivity index (χ2n) is 9.22. The standard InChI is InChI=1S/C30H28BrN3/c1-30(2)28(23-9-5-3-6-10-23)33-34(29(30)24-11-7-4-8-12-24)27-19-13-22(14-20-27)21-32-26-17-15-25(31)16-18-26/h3-20,29,32H,21H2,1-2H3/t29-/m0/s1. The zero-order chi connectivity index (χ0) is 23.5. The quantitative estimate of drug-likeness (QED) is 0.284. The number of nitrogens with one attached hydrogen (secondary N) is 1. The van der Waals surface area contributed by atoms with E-state index in [4.69, 9.17) is 5.10 Å². The molecule has 4 aromatic carbocycles. The lowest BCUT2D eigenvalue weighted by atomic mass is 9.75. The molecular weight excluding hydrogens is 482 g/mol. The summed E-state index contributed by atoms with van der Waals surface area (Å²) in [6.07, 6.45) is 0. The molecule has 170 valence electrons. The molecule has 0 saturated carbocycles. The highest BCUT2D eigenvalue weighted by molar-refractivity contribution is 9.10. The molecule has 4 aromatic rings. The van der Waals surface area contributed by atoms with E-state index in [-0.39, 0.29) is 11.5 Å². The van der Waals surface area contributed by atoms with Gasteiger partial charge in [0.05, 0.1) is 17.4 Å². The minimum atomic E-state index is -0.162. The van der Waals surface area contributed by atoms with Gasteiger partial charge in [0.25, 0.3) is 0 Å². The molecule has 34 heavy (non-hydrogen) atoms. The van der Waals surface area contributed by atoms with Crippen LogP contribution in [0.2, 0.25) is 0 Å². The van der Waals surface area contributed by atoms with E-state index in [0.717, 1.165) is 28.1 Å². The van der Waals surface area contributed by atoms with Crippen molar-refractivity contribution in [3.8, 4) is 0 Å². The van der Waals surface area contributed by atoms with E-state index in [1.807, 2.05) is 12.1 Å². The van der Waals surface area contributed by atoms with Gasteiger partial charge in [-0.15, -0.1) is 0 Å². The summed E-state index contributed by atoms with van der Waals surface area (Å²) in [4.78, 5) is 0. The Hall–Kier alpha value is -3.37. The van der Waals surface area contributed by atoms with Gasteiger partial charge < -0.3 is 5.32 Å². The maximum atomic E-state index is 5.20. The lowest BCUT2D eigenvalue weighted by Crippen LogP contribution is -2.32. The molecule has 0 saturated heterocycles. The second kappa shape index (κ2) is 9.47. The van der Waals surface area contributed by atoms with Crippen molar-refractivity contribution in [2.45, 2.75) is 26.4 Å². The average Bonchev–Trinajstić information content (AvgIpc) is 3.16. The Balaban J connectivity index is 1.44. The number of anilines is 2. The van der Waals surface area contributed by atoms with Crippen LogP contribution in [0.1, 0.15) is 36.6 Å². The summed E-state index contributed by atoms with van der Waals surface area (Å²) in [6.45, 7) is 5.37. The van der Waals surface area contributed by atoms with Gasteiger partial charge in [-0.05, 0) is 53.1 Å². The molecule has 0 unspecified atom stereocenters. The molecule has 1 heterocycles. The van der Waals surface area contributed by atoms with Crippen LogP contribution in [0.3, 0.4) is 0 Å². The maximum Gasteiger partial charge on any atom is 0.0882 e. The Morgan fingerprint density at radius 3 is 2.06 bits per heavy atom. The van der Waals surface area contributed by atoms with Crippen LogP contribution in [-0.4, -0.2) is 5.71 Å². The van der Waals surface area contributed by atoms with E-state index < -0.39 is 0 Å². The van der Waals surface area contributed by atoms with Gasteiger partial charge in [0.1, 0.15) is 0 Å². The third-order valence-electron chi connectivity index (χ3n) is 6.45. The van der Waals surface area contributed by atoms with Gasteiger partial charge in [-0.3, -0.25) is 5.01 Å². The van der Waals surface area contributed by atoms with Crippen LogP contribution in [0, 0.1) is 5.41 Å². The number of halogens is 1. The fourth-order valence-corrected chi connectivity index (χ4v) is 4.96. The Bertz CT molecular complexity index is 1260. The van der Waals surface area contributed by atoms with Crippen molar-refractivity contribution in [3.05, 3.63) is 130 Å². The topological polar surface area (TPSA) is 27.6 Å². The Kier molecular flexibility index (Phi) is 6.25. The molecule has 1 atom stereocenters. The highest BCUT2D eigenvalue weighted by atomic mass is 79.9. The third kappa shape index (κ3) is 4.51. The van der Waals surface area contributed by atoms with Gasteiger partial charge in [0, 0.05) is 22.1 Å². The SMILES string of the molecule is CC1(C)C(c2ccccc2)=NN(c2ccc(CNc3ccc(Br)cc3)cc2)[C@H]1c1ccccc1. The summed E-state index contributed by atoms with van der Waals surface area (Å²) in [6, 6.07) is 38.3. The molecule has 0 amide bonds. The van der Waals surface area contributed by atoms with Crippen LogP contribution in [0.25, 0.3) is 0 Å². The van der Waals surface area contributed by atoms with Gasteiger partial charge in [-0.25, -0.2) is 0 Å². The molecule has 5 rings (SSSR count). The number of benzene rings is 4. The van der Waals surface area contributed by atoms with Gasteiger partial charge >= 0.3 is 0 Å². The first-order valence-corrected chi connectivity index (χ1v) is 12.4. The number of hydrogen-bond acceptors (Lipinski definition) is 3. The van der Waals surface area contributed by atoms with Gasteiger partial charge in [-0.2, -0.15) is 5.10 Å². The predicted octanol–water partition coefficient (Wildman–Crippen LogP) is 8.05. The molecule has 0 spiro atoms. The molecular formula is C30H28BrN3. The van der Waals surface area contributed by atoms with Crippen molar-refractivity contribution in [1.82, 2.24) is 0 Å². The minimum absolute atomic E-state index is 0.107. The van der Waals surface area contributed by atoms with Crippen LogP contribution < -0.4 is 10.3 Å². The monoisotopic (exact) mass is 509 g/mol. The highest BCUT2D eigenvalue weighted by Crippen LogP contribution is 2.48. The molecule has 0 fully saturated rings. The molecule has 0 bridgehead atoms. The molecule has 3 nitrogen and oxygen atoms in total. The van der Waals surface area contributed by atoms with Crippen LogP contribution in [0.4, 0.5) is 11.4 Å². The van der Waals surface area contributed by atoms with E-state index >= 15 is 0 Å². The summed E-state index contributed by atoms with van der Waals surface area (Å²) in [7, 11) is 0. The number of nitrogens with zero attached hydrogens (tertiary/aromatic N) is 2. The van der Waals surface area contributed by atoms with Crippen molar-refractivity contribution in [2.24, 2.45) is 10.5 Å². The van der Waals surface area contributed by atoms with Crippen molar-refractivity contribution < 1.29 is 0 Å². The first kappa shape index (κ1) is 22.4.